The van der Waals surface area contributed by atoms with Crippen LogP contribution in [0.2, 0.25) is 0 Å². The van der Waals surface area contributed by atoms with Crippen LogP contribution in [0.5, 0.6) is 0 Å². The molecule has 5 nitrogen and oxygen atoms in total. The van der Waals surface area contributed by atoms with Crippen LogP contribution in [0.25, 0.3) is 33.8 Å². The molecule has 5 heteroatoms. The largest absolute Gasteiger partial charge is 0.464 e. The number of furan rings is 1. The molecule has 3 aromatic heterocycles. The smallest absolute Gasteiger partial charge is 0.258 e. The zero-order valence-electron chi connectivity index (χ0n) is 10.4. The number of rotatable bonds is 2. The molecule has 96 valence electrons. The minimum atomic E-state index is 0.479. The summed E-state index contributed by atoms with van der Waals surface area (Å²) in [4.78, 5) is 8.44. The maximum atomic E-state index is 5.31. The third-order valence-electron chi connectivity index (χ3n) is 3.05. The maximum absolute atomic E-state index is 5.31. The van der Waals surface area contributed by atoms with Gasteiger partial charge in [-0.25, -0.2) is 0 Å². The number of hydrogen-bond acceptors (Lipinski definition) is 5. The molecule has 0 radical (unpaired) electrons. The van der Waals surface area contributed by atoms with Crippen molar-refractivity contribution in [1.29, 1.82) is 0 Å². The number of aromatic nitrogens is 3. The van der Waals surface area contributed by atoms with Gasteiger partial charge in [0.2, 0.25) is 5.82 Å². The van der Waals surface area contributed by atoms with E-state index in [0.717, 1.165) is 22.1 Å². The molecule has 4 aromatic rings. The number of pyridine rings is 1. The molecule has 4 rings (SSSR count). The number of fused-ring (bicyclic) bond motifs is 1. The highest BCUT2D eigenvalue weighted by Gasteiger charge is 2.11. The van der Waals surface area contributed by atoms with Crippen molar-refractivity contribution in [3.63, 3.8) is 0 Å². The second-order valence-corrected chi connectivity index (χ2v) is 4.34. The van der Waals surface area contributed by atoms with E-state index in [1.807, 2.05) is 36.4 Å². The molecule has 3 heterocycles. The normalized spacial score (nSPS) is 11.0. The first-order valence-electron chi connectivity index (χ1n) is 6.12. The van der Waals surface area contributed by atoms with Crippen molar-refractivity contribution >= 4 is 11.0 Å². The molecule has 0 aliphatic rings. The van der Waals surface area contributed by atoms with Crippen molar-refractivity contribution in [3.05, 3.63) is 55.1 Å². The first kappa shape index (κ1) is 10.9. The number of hydrogen-bond donors (Lipinski definition) is 0. The molecule has 0 amide bonds. The highest BCUT2D eigenvalue weighted by atomic mass is 16.5. The summed E-state index contributed by atoms with van der Waals surface area (Å²) < 4.78 is 10.6. The topological polar surface area (TPSA) is 65.0 Å². The van der Waals surface area contributed by atoms with Crippen molar-refractivity contribution < 1.29 is 8.94 Å². The Morgan fingerprint density at radius 2 is 2.00 bits per heavy atom. The maximum Gasteiger partial charge on any atom is 0.258 e. The third kappa shape index (κ3) is 1.76. The van der Waals surface area contributed by atoms with Crippen molar-refractivity contribution in [1.82, 2.24) is 15.1 Å². The lowest BCUT2D eigenvalue weighted by atomic mass is 10.1. The monoisotopic (exact) mass is 263 g/mol. The van der Waals surface area contributed by atoms with Gasteiger partial charge in [-0.1, -0.05) is 5.16 Å². The molecular formula is C15H9N3O2. The molecule has 0 saturated heterocycles. The van der Waals surface area contributed by atoms with Gasteiger partial charge < -0.3 is 8.94 Å². The van der Waals surface area contributed by atoms with Crippen LogP contribution in [0.1, 0.15) is 0 Å². The zero-order valence-corrected chi connectivity index (χ0v) is 10.4. The Balaban J connectivity index is 1.77. The molecular weight excluding hydrogens is 254 g/mol. The molecule has 0 saturated carbocycles. The minimum Gasteiger partial charge on any atom is -0.464 e. The lowest BCUT2D eigenvalue weighted by molar-refractivity contribution is 0.432. The summed E-state index contributed by atoms with van der Waals surface area (Å²) in [7, 11) is 0. The highest BCUT2D eigenvalue weighted by Crippen LogP contribution is 2.25. The van der Waals surface area contributed by atoms with E-state index in [2.05, 4.69) is 15.1 Å². The number of nitrogens with zero attached hydrogens (tertiary/aromatic N) is 3. The molecule has 0 unspecified atom stereocenters. The van der Waals surface area contributed by atoms with Crippen LogP contribution in [0.4, 0.5) is 0 Å². The van der Waals surface area contributed by atoms with Gasteiger partial charge in [-0.2, -0.15) is 4.98 Å². The summed E-state index contributed by atoms with van der Waals surface area (Å²) in [5, 5.41) is 4.98. The Bertz CT molecular complexity index is 865. The molecule has 20 heavy (non-hydrogen) atoms. The molecule has 0 aliphatic carbocycles. The quantitative estimate of drug-likeness (QED) is 0.553. The minimum absolute atomic E-state index is 0.479. The lowest BCUT2D eigenvalue weighted by Crippen LogP contribution is -1.82. The average Bonchev–Trinajstić information content (AvgIpc) is 3.16. The van der Waals surface area contributed by atoms with E-state index in [1.165, 1.54) is 0 Å². The summed E-state index contributed by atoms with van der Waals surface area (Å²) in [6.07, 6.45) is 5.06. The summed E-state index contributed by atoms with van der Waals surface area (Å²) in [5.74, 6) is 1.01. The molecule has 0 atom stereocenters. The van der Waals surface area contributed by atoms with E-state index in [0.29, 0.717) is 11.7 Å². The van der Waals surface area contributed by atoms with E-state index in [4.69, 9.17) is 8.94 Å². The van der Waals surface area contributed by atoms with Gasteiger partial charge in [0.05, 0.1) is 6.26 Å². The summed E-state index contributed by atoms with van der Waals surface area (Å²) >= 11 is 0. The summed E-state index contributed by atoms with van der Waals surface area (Å²) in [6, 6.07) is 11.4. The third-order valence-corrected chi connectivity index (χ3v) is 3.05. The lowest BCUT2D eigenvalue weighted by Gasteiger charge is -1.93. The zero-order chi connectivity index (χ0) is 13.4. The molecule has 0 bridgehead atoms. The first-order chi connectivity index (χ1) is 9.90. The van der Waals surface area contributed by atoms with Gasteiger partial charge in [0, 0.05) is 28.9 Å². The average molecular weight is 263 g/mol. The summed E-state index contributed by atoms with van der Waals surface area (Å²) in [5.41, 5.74) is 2.52. The van der Waals surface area contributed by atoms with Crippen molar-refractivity contribution in [2.24, 2.45) is 0 Å². The van der Waals surface area contributed by atoms with Crippen LogP contribution >= 0.6 is 0 Å². The Labute approximate surface area is 113 Å². The Hall–Kier alpha value is -2.95. The van der Waals surface area contributed by atoms with E-state index in [1.54, 1.807) is 18.7 Å². The SMILES string of the molecule is c1cncc(-c2noc(-c3ccc4occc4c3)n2)c1. The van der Waals surface area contributed by atoms with Gasteiger partial charge in [-0.3, -0.25) is 4.98 Å². The van der Waals surface area contributed by atoms with Crippen LogP contribution in [0.15, 0.2) is 64.0 Å². The van der Waals surface area contributed by atoms with E-state index < -0.39 is 0 Å². The predicted molar refractivity (Wildman–Crippen MR) is 72.7 cm³/mol. The van der Waals surface area contributed by atoms with Gasteiger partial charge in [0.15, 0.2) is 0 Å². The van der Waals surface area contributed by atoms with Crippen LogP contribution < -0.4 is 0 Å². The fourth-order valence-electron chi connectivity index (χ4n) is 2.05. The molecule has 0 spiro atoms. The standard InChI is InChI=1S/C15H9N3O2/c1-2-12(9-16-6-1)14-17-15(20-18-14)11-3-4-13-10(8-11)5-7-19-13/h1-9H. The van der Waals surface area contributed by atoms with Gasteiger partial charge in [0.25, 0.3) is 5.89 Å². The Morgan fingerprint density at radius 3 is 2.90 bits per heavy atom. The number of benzene rings is 1. The predicted octanol–water partition coefficient (Wildman–Crippen LogP) is 3.54. The van der Waals surface area contributed by atoms with Crippen LogP contribution in [0, 0.1) is 0 Å². The van der Waals surface area contributed by atoms with Crippen LogP contribution in [0.3, 0.4) is 0 Å². The second-order valence-electron chi connectivity index (χ2n) is 4.34. The fraction of sp³-hybridized carbons (Fsp3) is 0. The van der Waals surface area contributed by atoms with Gasteiger partial charge in [0.1, 0.15) is 5.58 Å². The van der Waals surface area contributed by atoms with Gasteiger partial charge >= 0.3 is 0 Å². The van der Waals surface area contributed by atoms with Crippen LogP contribution in [-0.2, 0) is 0 Å². The van der Waals surface area contributed by atoms with E-state index in [9.17, 15) is 0 Å². The first-order valence-corrected chi connectivity index (χ1v) is 6.12. The van der Waals surface area contributed by atoms with E-state index >= 15 is 0 Å². The van der Waals surface area contributed by atoms with Gasteiger partial charge in [-0.05, 0) is 36.4 Å². The van der Waals surface area contributed by atoms with Crippen molar-refractivity contribution in [2.75, 3.05) is 0 Å². The molecule has 0 N–H and O–H groups in total. The fourth-order valence-corrected chi connectivity index (χ4v) is 2.05. The van der Waals surface area contributed by atoms with Crippen molar-refractivity contribution in [3.8, 4) is 22.8 Å². The second kappa shape index (κ2) is 4.31. The molecule has 0 fully saturated rings. The Morgan fingerprint density at radius 1 is 1.00 bits per heavy atom. The van der Waals surface area contributed by atoms with Crippen LogP contribution in [-0.4, -0.2) is 15.1 Å². The van der Waals surface area contributed by atoms with E-state index in [-0.39, 0.29) is 0 Å². The molecule has 1 aromatic carbocycles. The summed E-state index contributed by atoms with van der Waals surface area (Å²) in [6.45, 7) is 0. The van der Waals surface area contributed by atoms with Gasteiger partial charge in [-0.15, -0.1) is 0 Å². The highest BCUT2D eigenvalue weighted by molar-refractivity contribution is 5.82. The molecule has 0 aliphatic heterocycles. The Kier molecular flexibility index (Phi) is 2.35. The van der Waals surface area contributed by atoms with Crippen molar-refractivity contribution in [2.45, 2.75) is 0 Å².